The van der Waals surface area contributed by atoms with Crippen molar-refractivity contribution >= 4 is 65.7 Å². The normalized spacial score (nSPS) is 14.5. The molecule has 0 unspecified atom stereocenters. The first-order valence-corrected chi connectivity index (χ1v) is 17.1. The van der Waals surface area contributed by atoms with Crippen LogP contribution in [0.4, 0.5) is 11.4 Å². The quantitative estimate of drug-likeness (QED) is 0.200. The molecule has 0 amide bonds. The SMILES string of the molecule is [Cl][Pt+2][Cl].[NH-]c1ccc(C=C2C=Cc3ccccc32)cc1.[NH-]c1ccc(C=C2C=Cc3ccccc32)cc1. The molecule has 2 aliphatic carbocycles. The Morgan fingerprint density at radius 2 is 0.838 bits per heavy atom. The predicted octanol–water partition coefficient (Wildman–Crippen LogP) is 11.3. The van der Waals surface area contributed by atoms with Crippen molar-refractivity contribution in [3.05, 3.63) is 154 Å². The molecule has 0 saturated carbocycles. The number of hydrogen-bond acceptors (Lipinski definition) is 0. The molecular weight excluding hydrogens is 678 g/mol. The Bertz CT molecular complexity index is 1350. The topological polar surface area (TPSA) is 47.6 Å². The molecule has 37 heavy (non-hydrogen) atoms. The van der Waals surface area contributed by atoms with Crippen LogP contribution < -0.4 is 0 Å². The molecule has 0 radical (unpaired) electrons. The predicted molar refractivity (Wildman–Crippen MR) is 159 cm³/mol. The Morgan fingerprint density at radius 1 is 0.486 bits per heavy atom. The van der Waals surface area contributed by atoms with E-state index in [0.717, 1.165) is 11.1 Å². The van der Waals surface area contributed by atoms with Gasteiger partial charge in [0, 0.05) is 0 Å². The second kappa shape index (κ2) is 13.3. The fourth-order valence-electron chi connectivity index (χ4n) is 4.12. The molecule has 0 saturated heterocycles. The van der Waals surface area contributed by atoms with Gasteiger partial charge in [0.2, 0.25) is 0 Å². The van der Waals surface area contributed by atoms with E-state index in [9.17, 15) is 0 Å². The van der Waals surface area contributed by atoms with Gasteiger partial charge in [0.1, 0.15) is 0 Å². The van der Waals surface area contributed by atoms with E-state index in [1.807, 2.05) is 48.5 Å². The zero-order valence-corrected chi connectivity index (χ0v) is 23.6. The molecule has 186 valence electrons. The average Bonchev–Trinajstić information content (AvgIpc) is 3.52. The summed E-state index contributed by atoms with van der Waals surface area (Å²) in [5.41, 5.74) is 25.9. The molecule has 0 fully saturated rings. The summed E-state index contributed by atoms with van der Waals surface area (Å²) < 4.78 is 0. The summed E-state index contributed by atoms with van der Waals surface area (Å²) in [6.07, 6.45) is 12.9. The smallest absolute Gasteiger partial charge is 0.0111 e. The molecule has 2 N–H and O–H groups in total. The minimum absolute atomic E-state index is 0.472. The third-order valence-corrected chi connectivity index (χ3v) is 5.89. The summed E-state index contributed by atoms with van der Waals surface area (Å²) >= 11 is -0.472. The van der Waals surface area contributed by atoms with Gasteiger partial charge in [-0.15, -0.1) is 11.4 Å². The maximum absolute atomic E-state index is 7.46. The van der Waals surface area contributed by atoms with Crippen molar-refractivity contribution in [2.45, 2.75) is 0 Å². The molecule has 0 spiro atoms. The van der Waals surface area contributed by atoms with Gasteiger partial charge in [-0.25, -0.2) is 0 Å². The molecule has 0 bridgehead atoms. The number of nitrogens with one attached hydrogen (secondary N) is 2. The van der Waals surface area contributed by atoms with E-state index < -0.39 is 16.5 Å². The molecular formula is C32H24Cl2N2Pt. The second-order valence-electron chi connectivity index (χ2n) is 8.33. The monoisotopic (exact) mass is 701 g/mol. The zero-order chi connectivity index (χ0) is 26.0. The molecule has 0 aromatic heterocycles. The molecule has 2 aliphatic rings. The summed E-state index contributed by atoms with van der Waals surface area (Å²) in [5.74, 6) is 0. The molecule has 5 heteroatoms. The van der Waals surface area contributed by atoms with Crippen LogP contribution in [0.5, 0.6) is 0 Å². The van der Waals surface area contributed by atoms with Crippen LogP contribution in [0, 0.1) is 0 Å². The summed E-state index contributed by atoms with van der Waals surface area (Å²) in [7, 11) is 9.75. The van der Waals surface area contributed by atoms with Crippen LogP contribution in [0.3, 0.4) is 0 Å². The third-order valence-electron chi connectivity index (χ3n) is 5.89. The molecule has 6 rings (SSSR count). The van der Waals surface area contributed by atoms with Crippen LogP contribution in [0.2, 0.25) is 0 Å². The van der Waals surface area contributed by atoms with E-state index in [1.54, 1.807) is 0 Å². The number of hydrogen-bond donors (Lipinski definition) is 0. The third kappa shape index (κ3) is 7.37. The Kier molecular flexibility index (Phi) is 9.63. The van der Waals surface area contributed by atoms with Gasteiger partial charge in [0.25, 0.3) is 0 Å². The zero-order valence-electron chi connectivity index (χ0n) is 19.8. The van der Waals surface area contributed by atoms with Crippen molar-refractivity contribution in [2.24, 2.45) is 0 Å². The van der Waals surface area contributed by atoms with E-state index in [0.29, 0.717) is 11.4 Å². The minimum Gasteiger partial charge on any atom is -0.699 e. The number of halogens is 2. The molecule has 2 nitrogen and oxygen atoms in total. The second-order valence-corrected chi connectivity index (χ2v) is 11.6. The number of rotatable bonds is 2. The van der Waals surface area contributed by atoms with E-state index >= 15 is 0 Å². The Labute approximate surface area is 235 Å². The van der Waals surface area contributed by atoms with Gasteiger partial charge in [-0.05, 0) is 56.7 Å². The average molecular weight is 703 g/mol. The maximum Gasteiger partial charge on any atom is -0.0111 e. The van der Waals surface area contributed by atoms with Crippen LogP contribution in [-0.2, 0) is 16.5 Å². The van der Waals surface area contributed by atoms with Crippen molar-refractivity contribution in [1.82, 2.24) is 0 Å². The van der Waals surface area contributed by atoms with Crippen molar-refractivity contribution < 1.29 is 16.5 Å². The fourth-order valence-corrected chi connectivity index (χ4v) is 4.12. The first-order valence-electron chi connectivity index (χ1n) is 11.5. The van der Waals surface area contributed by atoms with Gasteiger partial charge in [0.15, 0.2) is 0 Å². The summed E-state index contributed by atoms with van der Waals surface area (Å²) in [4.78, 5) is 0. The van der Waals surface area contributed by atoms with Crippen LogP contribution in [0.15, 0.2) is 109 Å². The van der Waals surface area contributed by atoms with Crippen molar-refractivity contribution in [1.29, 1.82) is 0 Å². The van der Waals surface area contributed by atoms with E-state index in [4.69, 9.17) is 30.3 Å². The standard InChI is InChI=1S/2C16H12N.2ClH.Pt/c2*17-15-9-5-12(6-10-15)11-14-8-7-13-3-1-2-4-16(13)14;;;/h2*1-11,17H;2*1H;/q2*-1;;;+4/p-2. The van der Waals surface area contributed by atoms with Crippen molar-refractivity contribution in [2.75, 3.05) is 0 Å². The first-order chi connectivity index (χ1) is 18.1. The Hall–Kier alpha value is -3.29. The Balaban J connectivity index is 0.000000157. The summed E-state index contributed by atoms with van der Waals surface area (Å²) in [6.45, 7) is 0. The summed E-state index contributed by atoms with van der Waals surface area (Å²) in [5, 5.41) is 0. The fraction of sp³-hybridized carbons (Fsp3) is 0. The number of benzene rings is 4. The van der Waals surface area contributed by atoms with Crippen molar-refractivity contribution in [3.8, 4) is 0 Å². The summed E-state index contributed by atoms with van der Waals surface area (Å²) in [6, 6.07) is 31.9. The van der Waals surface area contributed by atoms with Gasteiger partial charge in [-0.2, -0.15) is 0 Å². The van der Waals surface area contributed by atoms with Crippen LogP contribution in [-0.4, -0.2) is 0 Å². The minimum atomic E-state index is -0.472. The first kappa shape index (κ1) is 26.8. The maximum atomic E-state index is 7.46. The van der Waals surface area contributed by atoms with Gasteiger partial charge >= 0.3 is 35.3 Å². The molecule has 0 atom stereocenters. The molecule has 0 heterocycles. The molecule has 0 aliphatic heterocycles. The van der Waals surface area contributed by atoms with Crippen LogP contribution in [0.1, 0.15) is 33.4 Å². The van der Waals surface area contributed by atoms with Crippen molar-refractivity contribution in [3.63, 3.8) is 0 Å². The van der Waals surface area contributed by atoms with E-state index in [2.05, 4.69) is 85.0 Å². The Morgan fingerprint density at radius 3 is 1.22 bits per heavy atom. The van der Waals surface area contributed by atoms with E-state index in [1.165, 1.54) is 33.4 Å². The number of allylic oxidation sites excluding steroid dienone is 4. The van der Waals surface area contributed by atoms with Gasteiger partial charge in [-0.3, -0.25) is 0 Å². The molecule has 4 aromatic carbocycles. The van der Waals surface area contributed by atoms with Crippen LogP contribution in [0.25, 0.3) is 46.9 Å². The van der Waals surface area contributed by atoms with Crippen LogP contribution >= 0.6 is 18.8 Å². The largest absolute Gasteiger partial charge is 0.699 e. The number of fused-ring (bicyclic) bond motifs is 2. The van der Waals surface area contributed by atoms with Gasteiger partial charge < -0.3 is 11.5 Å². The van der Waals surface area contributed by atoms with E-state index in [-0.39, 0.29) is 0 Å². The van der Waals surface area contributed by atoms with Gasteiger partial charge in [-0.1, -0.05) is 121 Å². The molecule has 4 aromatic rings. The van der Waals surface area contributed by atoms with Gasteiger partial charge in [0.05, 0.1) is 0 Å².